The first kappa shape index (κ1) is 18.4. The Morgan fingerprint density at radius 2 is 1.58 bits per heavy atom. The van der Waals surface area contributed by atoms with Crippen LogP contribution in [0.5, 0.6) is 5.75 Å². The van der Waals surface area contributed by atoms with E-state index in [1.165, 1.54) is 48.1 Å². The van der Waals surface area contributed by atoms with Crippen LogP contribution in [0.1, 0.15) is 55.7 Å². The van der Waals surface area contributed by atoms with Gasteiger partial charge in [-0.2, -0.15) is 0 Å². The lowest BCUT2D eigenvalue weighted by Crippen LogP contribution is -2.01. The Kier molecular flexibility index (Phi) is 7.67. The highest BCUT2D eigenvalue weighted by atomic mass is 16.5. The molecule has 130 valence electrons. The number of unbranched alkanes of at least 4 members (excludes halogenated alkanes) is 4. The Bertz CT molecular complexity index is 604. The fourth-order valence-electron chi connectivity index (χ4n) is 2.65. The summed E-state index contributed by atoms with van der Waals surface area (Å²) >= 11 is 0. The molecule has 0 heterocycles. The first-order chi connectivity index (χ1) is 11.7. The third-order valence-electron chi connectivity index (χ3n) is 4.44. The van der Waals surface area contributed by atoms with E-state index in [1.54, 1.807) is 0 Å². The van der Waals surface area contributed by atoms with Crippen molar-refractivity contribution in [3.05, 3.63) is 59.2 Å². The Labute approximate surface area is 147 Å². The SMILES string of the molecule is CCCCCCCOc1ccc(CNc2ccc(C)c(C)c2)cc1. The molecule has 0 aromatic heterocycles. The van der Waals surface area contributed by atoms with Crippen LogP contribution in [0.2, 0.25) is 0 Å². The van der Waals surface area contributed by atoms with Crippen molar-refractivity contribution in [2.75, 3.05) is 11.9 Å². The van der Waals surface area contributed by atoms with Crippen molar-refractivity contribution in [1.82, 2.24) is 0 Å². The van der Waals surface area contributed by atoms with Crippen LogP contribution in [-0.2, 0) is 6.54 Å². The molecule has 0 saturated carbocycles. The molecule has 24 heavy (non-hydrogen) atoms. The molecular weight excluding hydrogens is 294 g/mol. The highest BCUT2D eigenvalue weighted by Gasteiger charge is 1.99. The van der Waals surface area contributed by atoms with Crippen LogP contribution < -0.4 is 10.1 Å². The van der Waals surface area contributed by atoms with Crippen molar-refractivity contribution in [1.29, 1.82) is 0 Å². The Balaban J connectivity index is 1.72. The van der Waals surface area contributed by atoms with Gasteiger partial charge in [0.2, 0.25) is 0 Å². The van der Waals surface area contributed by atoms with Gasteiger partial charge in [0, 0.05) is 12.2 Å². The molecule has 0 radical (unpaired) electrons. The number of ether oxygens (including phenoxy) is 1. The molecule has 1 N–H and O–H groups in total. The lowest BCUT2D eigenvalue weighted by molar-refractivity contribution is 0.304. The summed E-state index contributed by atoms with van der Waals surface area (Å²) in [7, 11) is 0. The summed E-state index contributed by atoms with van der Waals surface area (Å²) in [6, 6.07) is 14.9. The van der Waals surface area contributed by atoms with Crippen LogP contribution in [-0.4, -0.2) is 6.61 Å². The van der Waals surface area contributed by atoms with E-state index >= 15 is 0 Å². The zero-order valence-corrected chi connectivity index (χ0v) is 15.4. The van der Waals surface area contributed by atoms with Gasteiger partial charge in [0.1, 0.15) is 5.75 Å². The van der Waals surface area contributed by atoms with Crippen LogP contribution in [0.15, 0.2) is 42.5 Å². The van der Waals surface area contributed by atoms with Crippen molar-refractivity contribution in [2.24, 2.45) is 0 Å². The van der Waals surface area contributed by atoms with Gasteiger partial charge in [0.25, 0.3) is 0 Å². The molecule has 0 aliphatic carbocycles. The van der Waals surface area contributed by atoms with E-state index in [9.17, 15) is 0 Å². The summed E-state index contributed by atoms with van der Waals surface area (Å²) in [6.07, 6.45) is 6.37. The second-order valence-electron chi connectivity index (χ2n) is 6.56. The summed E-state index contributed by atoms with van der Waals surface area (Å²) in [4.78, 5) is 0. The van der Waals surface area contributed by atoms with Gasteiger partial charge in [0.05, 0.1) is 6.61 Å². The van der Waals surface area contributed by atoms with E-state index in [4.69, 9.17) is 4.74 Å². The summed E-state index contributed by atoms with van der Waals surface area (Å²) in [6.45, 7) is 8.19. The Morgan fingerprint density at radius 3 is 2.29 bits per heavy atom. The van der Waals surface area contributed by atoms with Crippen LogP contribution in [0.4, 0.5) is 5.69 Å². The molecule has 0 spiro atoms. The summed E-state index contributed by atoms with van der Waals surface area (Å²) in [5.74, 6) is 0.973. The molecule has 0 fully saturated rings. The minimum absolute atomic E-state index is 0.823. The maximum absolute atomic E-state index is 5.81. The number of hydrogen-bond acceptors (Lipinski definition) is 2. The Morgan fingerprint density at radius 1 is 0.833 bits per heavy atom. The van der Waals surface area contributed by atoms with Crippen molar-refractivity contribution >= 4 is 5.69 Å². The van der Waals surface area contributed by atoms with Crippen LogP contribution in [0, 0.1) is 13.8 Å². The second kappa shape index (κ2) is 10.0. The van der Waals surface area contributed by atoms with Crippen LogP contribution >= 0.6 is 0 Å². The lowest BCUT2D eigenvalue weighted by atomic mass is 10.1. The van der Waals surface area contributed by atoms with Crippen molar-refractivity contribution < 1.29 is 4.74 Å². The molecule has 2 nitrogen and oxygen atoms in total. The molecule has 0 bridgehead atoms. The average molecular weight is 325 g/mol. The van der Waals surface area contributed by atoms with Crippen molar-refractivity contribution in [3.63, 3.8) is 0 Å². The number of nitrogens with one attached hydrogen (secondary N) is 1. The highest BCUT2D eigenvalue weighted by molar-refractivity contribution is 5.48. The minimum Gasteiger partial charge on any atom is -0.494 e. The molecule has 2 heteroatoms. The van der Waals surface area contributed by atoms with Gasteiger partial charge < -0.3 is 10.1 Å². The van der Waals surface area contributed by atoms with E-state index < -0.39 is 0 Å². The van der Waals surface area contributed by atoms with Gasteiger partial charge in [-0.1, -0.05) is 50.8 Å². The number of anilines is 1. The third-order valence-corrected chi connectivity index (χ3v) is 4.44. The van der Waals surface area contributed by atoms with Gasteiger partial charge in [-0.3, -0.25) is 0 Å². The van der Waals surface area contributed by atoms with E-state index in [2.05, 4.69) is 68.6 Å². The number of benzene rings is 2. The lowest BCUT2D eigenvalue weighted by Gasteiger charge is -2.10. The van der Waals surface area contributed by atoms with Gasteiger partial charge >= 0.3 is 0 Å². The molecular formula is C22H31NO. The molecule has 2 aromatic rings. The molecule has 2 aromatic carbocycles. The van der Waals surface area contributed by atoms with Crippen molar-refractivity contribution in [2.45, 2.75) is 59.4 Å². The van der Waals surface area contributed by atoms with E-state index in [-0.39, 0.29) is 0 Å². The van der Waals surface area contributed by atoms with Crippen molar-refractivity contribution in [3.8, 4) is 5.75 Å². The number of rotatable bonds is 10. The van der Waals surface area contributed by atoms with E-state index in [0.29, 0.717) is 0 Å². The smallest absolute Gasteiger partial charge is 0.119 e. The maximum Gasteiger partial charge on any atom is 0.119 e. The summed E-state index contributed by atoms with van der Waals surface area (Å²) < 4.78 is 5.81. The molecule has 0 amide bonds. The van der Waals surface area contributed by atoms with Crippen LogP contribution in [0.25, 0.3) is 0 Å². The zero-order valence-electron chi connectivity index (χ0n) is 15.4. The average Bonchev–Trinajstić information content (AvgIpc) is 2.60. The predicted molar refractivity (Wildman–Crippen MR) is 104 cm³/mol. The fourth-order valence-corrected chi connectivity index (χ4v) is 2.65. The zero-order chi connectivity index (χ0) is 17.2. The molecule has 0 unspecified atom stereocenters. The van der Waals surface area contributed by atoms with Crippen LogP contribution in [0.3, 0.4) is 0 Å². The highest BCUT2D eigenvalue weighted by Crippen LogP contribution is 2.17. The largest absolute Gasteiger partial charge is 0.494 e. The predicted octanol–water partition coefficient (Wildman–Crippen LogP) is 6.26. The Hall–Kier alpha value is -1.96. The van der Waals surface area contributed by atoms with Gasteiger partial charge in [-0.25, -0.2) is 0 Å². The number of hydrogen-bond donors (Lipinski definition) is 1. The summed E-state index contributed by atoms with van der Waals surface area (Å²) in [5.41, 5.74) is 5.09. The molecule has 0 saturated heterocycles. The van der Waals surface area contributed by atoms with E-state index in [0.717, 1.165) is 25.3 Å². The normalized spacial score (nSPS) is 10.6. The quantitative estimate of drug-likeness (QED) is 0.520. The third kappa shape index (κ3) is 6.27. The van der Waals surface area contributed by atoms with Gasteiger partial charge in [-0.05, 0) is 61.2 Å². The summed E-state index contributed by atoms with van der Waals surface area (Å²) in [5, 5.41) is 3.48. The van der Waals surface area contributed by atoms with E-state index in [1.807, 2.05) is 0 Å². The molecule has 2 rings (SSSR count). The maximum atomic E-state index is 5.81. The fraction of sp³-hybridized carbons (Fsp3) is 0.455. The first-order valence-electron chi connectivity index (χ1n) is 9.22. The first-order valence-corrected chi connectivity index (χ1v) is 9.22. The molecule has 0 aliphatic heterocycles. The number of aryl methyl sites for hydroxylation is 2. The van der Waals surface area contributed by atoms with Gasteiger partial charge in [-0.15, -0.1) is 0 Å². The topological polar surface area (TPSA) is 21.3 Å². The standard InChI is InChI=1S/C22H31NO/c1-4-5-6-7-8-15-24-22-13-10-20(11-14-22)17-23-21-12-9-18(2)19(3)16-21/h9-14,16,23H,4-8,15,17H2,1-3H3. The minimum atomic E-state index is 0.823. The second-order valence-corrected chi connectivity index (χ2v) is 6.56. The molecule has 0 aliphatic rings. The molecule has 0 atom stereocenters. The monoisotopic (exact) mass is 325 g/mol. The van der Waals surface area contributed by atoms with Gasteiger partial charge in [0.15, 0.2) is 0 Å².